The van der Waals surface area contributed by atoms with Gasteiger partial charge in [0.05, 0.1) is 6.54 Å². The number of rotatable bonds is 7. The van der Waals surface area contributed by atoms with Crippen LogP contribution in [0.15, 0.2) is 29.3 Å². The zero-order valence-electron chi connectivity index (χ0n) is 14.6. The maximum absolute atomic E-state index is 12.3. The molecular weight excluding hydrogens is 318 g/mol. The number of nitrogens with zero attached hydrogens (tertiary/aromatic N) is 4. The second kappa shape index (κ2) is 8.09. The molecule has 0 saturated heterocycles. The summed E-state index contributed by atoms with van der Waals surface area (Å²) in [5.41, 5.74) is 0.598. The van der Waals surface area contributed by atoms with Crippen LogP contribution in [0, 0.1) is 5.92 Å². The molecule has 1 aliphatic carbocycles. The monoisotopic (exact) mass is 343 g/mol. The predicted octanol–water partition coefficient (Wildman–Crippen LogP) is 1.73. The number of amides is 1. The molecule has 0 aliphatic heterocycles. The van der Waals surface area contributed by atoms with E-state index in [-0.39, 0.29) is 11.6 Å². The van der Waals surface area contributed by atoms with Gasteiger partial charge in [-0.2, -0.15) is 0 Å². The lowest BCUT2D eigenvalue weighted by molar-refractivity contribution is -0.121. The molecule has 0 unspecified atom stereocenters. The number of hydrogen-bond acceptors (Lipinski definition) is 4. The van der Waals surface area contributed by atoms with Crippen molar-refractivity contribution < 1.29 is 4.79 Å². The Kier molecular flexibility index (Phi) is 5.63. The van der Waals surface area contributed by atoms with Crippen molar-refractivity contribution in [3.63, 3.8) is 0 Å². The molecule has 7 heteroatoms. The summed E-state index contributed by atoms with van der Waals surface area (Å²) in [6.45, 7) is 0.773. The standard InChI is InChI=1S/C18H25N5O2/c1-22-17(15-7-4-10-19-13-15)21-23(18(22)25)12-11-20-16(24)9-8-14-5-2-3-6-14/h4,7,10,13-14H,2-3,5-6,8-9,11-12H2,1H3,(H,20,24). The average Bonchev–Trinajstić information content (AvgIpc) is 3.24. The lowest BCUT2D eigenvalue weighted by Crippen LogP contribution is -2.31. The van der Waals surface area contributed by atoms with E-state index in [9.17, 15) is 9.59 Å². The van der Waals surface area contributed by atoms with Gasteiger partial charge in [0.15, 0.2) is 5.82 Å². The molecule has 1 aliphatic rings. The quantitative estimate of drug-likeness (QED) is 0.830. The number of pyridine rings is 1. The summed E-state index contributed by atoms with van der Waals surface area (Å²) in [4.78, 5) is 28.3. The van der Waals surface area contributed by atoms with Gasteiger partial charge in [-0.1, -0.05) is 25.7 Å². The van der Waals surface area contributed by atoms with E-state index >= 15 is 0 Å². The van der Waals surface area contributed by atoms with Crippen molar-refractivity contribution >= 4 is 5.91 Å². The van der Waals surface area contributed by atoms with E-state index < -0.39 is 0 Å². The molecule has 1 N–H and O–H groups in total. The Morgan fingerprint density at radius 1 is 1.36 bits per heavy atom. The molecule has 0 atom stereocenters. The third-order valence-corrected chi connectivity index (χ3v) is 4.86. The van der Waals surface area contributed by atoms with Gasteiger partial charge in [0.1, 0.15) is 0 Å². The first kappa shape index (κ1) is 17.4. The van der Waals surface area contributed by atoms with E-state index in [0.717, 1.165) is 12.0 Å². The fourth-order valence-corrected chi connectivity index (χ4v) is 3.40. The van der Waals surface area contributed by atoms with E-state index in [4.69, 9.17) is 0 Å². The summed E-state index contributed by atoms with van der Waals surface area (Å²) >= 11 is 0. The molecule has 0 bridgehead atoms. The molecule has 1 amide bonds. The summed E-state index contributed by atoms with van der Waals surface area (Å²) in [5, 5.41) is 7.25. The van der Waals surface area contributed by atoms with Crippen LogP contribution in [0.25, 0.3) is 11.4 Å². The molecule has 7 nitrogen and oxygen atoms in total. The van der Waals surface area contributed by atoms with Gasteiger partial charge in [-0.25, -0.2) is 9.48 Å². The van der Waals surface area contributed by atoms with Crippen LogP contribution in [0.3, 0.4) is 0 Å². The fourth-order valence-electron chi connectivity index (χ4n) is 3.40. The first-order valence-electron chi connectivity index (χ1n) is 8.96. The summed E-state index contributed by atoms with van der Waals surface area (Å²) < 4.78 is 2.89. The van der Waals surface area contributed by atoms with Crippen molar-refractivity contribution in [2.45, 2.75) is 45.1 Å². The Bertz CT molecular complexity index is 760. The molecule has 1 fully saturated rings. The van der Waals surface area contributed by atoms with E-state index in [2.05, 4.69) is 15.4 Å². The lowest BCUT2D eigenvalue weighted by Gasteiger charge is -2.08. The zero-order chi connectivity index (χ0) is 17.6. The molecule has 0 spiro atoms. The van der Waals surface area contributed by atoms with Gasteiger partial charge in [-0.05, 0) is 24.5 Å². The molecular formula is C18H25N5O2. The molecule has 2 heterocycles. The largest absolute Gasteiger partial charge is 0.354 e. The summed E-state index contributed by atoms with van der Waals surface area (Å²) in [6, 6.07) is 3.67. The number of hydrogen-bond donors (Lipinski definition) is 1. The molecule has 0 radical (unpaired) electrons. The fraction of sp³-hybridized carbons (Fsp3) is 0.556. The van der Waals surface area contributed by atoms with Crippen LogP contribution in [-0.4, -0.2) is 31.8 Å². The number of nitrogens with one attached hydrogen (secondary N) is 1. The highest BCUT2D eigenvalue weighted by molar-refractivity contribution is 5.75. The third-order valence-electron chi connectivity index (χ3n) is 4.86. The number of carbonyl (C=O) groups is 1. The van der Waals surface area contributed by atoms with Gasteiger partial charge in [-0.15, -0.1) is 5.10 Å². The maximum Gasteiger partial charge on any atom is 0.345 e. The summed E-state index contributed by atoms with van der Waals surface area (Å²) in [6.07, 6.45) is 10.0. The lowest BCUT2D eigenvalue weighted by atomic mass is 10.0. The summed E-state index contributed by atoms with van der Waals surface area (Å²) in [7, 11) is 1.69. The average molecular weight is 343 g/mol. The molecule has 0 aromatic carbocycles. The second-order valence-electron chi connectivity index (χ2n) is 6.67. The van der Waals surface area contributed by atoms with Gasteiger partial charge in [0.2, 0.25) is 5.91 Å². The minimum atomic E-state index is -0.195. The van der Waals surface area contributed by atoms with E-state index in [1.54, 1.807) is 19.4 Å². The zero-order valence-corrected chi connectivity index (χ0v) is 14.6. The van der Waals surface area contributed by atoms with Crippen molar-refractivity contribution in [1.29, 1.82) is 0 Å². The molecule has 3 rings (SSSR count). The minimum absolute atomic E-state index is 0.0587. The van der Waals surface area contributed by atoms with Crippen LogP contribution < -0.4 is 11.0 Å². The Hall–Kier alpha value is -2.44. The van der Waals surface area contributed by atoms with Gasteiger partial charge in [0.25, 0.3) is 0 Å². The first-order valence-corrected chi connectivity index (χ1v) is 8.96. The number of aromatic nitrogens is 4. The maximum atomic E-state index is 12.3. The minimum Gasteiger partial charge on any atom is -0.354 e. The highest BCUT2D eigenvalue weighted by Crippen LogP contribution is 2.28. The number of carbonyl (C=O) groups excluding carboxylic acids is 1. The predicted molar refractivity (Wildman–Crippen MR) is 94.9 cm³/mol. The molecule has 1 saturated carbocycles. The normalized spacial score (nSPS) is 14.8. The van der Waals surface area contributed by atoms with E-state index in [1.165, 1.54) is 34.9 Å². The molecule has 2 aromatic rings. The molecule has 134 valence electrons. The van der Waals surface area contributed by atoms with Crippen molar-refractivity contribution in [1.82, 2.24) is 24.6 Å². The van der Waals surface area contributed by atoms with Crippen LogP contribution in [-0.2, 0) is 18.4 Å². The van der Waals surface area contributed by atoms with E-state index in [0.29, 0.717) is 31.3 Å². The van der Waals surface area contributed by atoms with Crippen molar-refractivity contribution in [3.8, 4) is 11.4 Å². The topological polar surface area (TPSA) is 81.8 Å². The van der Waals surface area contributed by atoms with Crippen molar-refractivity contribution in [2.75, 3.05) is 6.54 Å². The second-order valence-corrected chi connectivity index (χ2v) is 6.67. The highest BCUT2D eigenvalue weighted by Gasteiger charge is 2.16. The van der Waals surface area contributed by atoms with Crippen LogP contribution in [0.1, 0.15) is 38.5 Å². The van der Waals surface area contributed by atoms with Gasteiger partial charge >= 0.3 is 5.69 Å². The smallest absolute Gasteiger partial charge is 0.345 e. The summed E-state index contributed by atoms with van der Waals surface area (Å²) in [5.74, 6) is 1.35. The Labute approximate surface area is 147 Å². The Balaban J connectivity index is 1.51. The molecule has 25 heavy (non-hydrogen) atoms. The Morgan fingerprint density at radius 3 is 2.88 bits per heavy atom. The van der Waals surface area contributed by atoms with Gasteiger partial charge in [0, 0.05) is 38.0 Å². The molecule has 2 aromatic heterocycles. The third kappa shape index (κ3) is 4.35. The van der Waals surface area contributed by atoms with Gasteiger partial charge in [-0.3, -0.25) is 14.3 Å². The van der Waals surface area contributed by atoms with Crippen LogP contribution >= 0.6 is 0 Å². The SMILES string of the molecule is Cn1c(-c2cccnc2)nn(CCNC(=O)CCC2CCCC2)c1=O. The van der Waals surface area contributed by atoms with Crippen molar-refractivity contribution in [3.05, 3.63) is 35.0 Å². The first-order chi connectivity index (χ1) is 12.1. The Morgan fingerprint density at radius 2 is 2.16 bits per heavy atom. The highest BCUT2D eigenvalue weighted by atomic mass is 16.2. The van der Waals surface area contributed by atoms with Gasteiger partial charge < -0.3 is 5.32 Å². The van der Waals surface area contributed by atoms with E-state index in [1.807, 2.05) is 12.1 Å². The van der Waals surface area contributed by atoms with Crippen molar-refractivity contribution in [2.24, 2.45) is 13.0 Å². The van der Waals surface area contributed by atoms with Crippen LogP contribution in [0.4, 0.5) is 0 Å². The van der Waals surface area contributed by atoms with Crippen LogP contribution in [0.5, 0.6) is 0 Å². The van der Waals surface area contributed by atoms with Crippen LogP contribution in [0.2, 0.25) is 0 Å².